The van der Waals surface area contributed by atoms with Gasteiger partial charge in [0.15, 0.2) is 0 Å². The van der Waals surface area contributed by atoms with E-state index >= 15 is 0 Å². The molecular weight excluding hydrogens is 382 g/mol. The van der Waals surface area contributed by atoms with Crippen molar-refractivity contribution in [2.45, 2.75) is 65.5 Å². The number of carbonyl (C=O) groups is 2. The summed E-state index contributed by atoms with van der Waals surface area (Å²) in [7, 11) is 1.46. The van der Waals surface area contributed by atoms with E-state index in [-0.39, 0.29) is 23.9 Å². The number of nitrogens with zero attached hydrogens (tertiary/aromatic N) is 3. The lowest BCUT2D eigenvalue weighted by atomic mass is 9.90. The third kappa shape index (κ3) is 5.12. The molecule has 3 rings (SSSR count). The van der Waals surface area contributed by atoms with Crippen LogP contribution in [0, 0.1) is 19.8 Å². The van der Waals surface area contributed by atoms with Crippen LogP contribution < -0.4 is 0 Å². The molecule has 0 aliphatic carbocycles. The SMILES string of the molecule is COC(=O)C1CCN(Cc2cnc(C3CN(C(=O)OC(C)(C)C)C3)c(C)c2C)CC1. The van der Waals surface area contributed by atoms with Gasteiger partial charge in [0.05, 0.1) is 18.7 Å². The average molecular weight is 418 g/mol. The second-order valence-corrected chi connectivity index (χ2v) is 9.57. The van der Waals surface area contributed by atoms with Crippen molar-refractivity contribution < 1.29 is 19.1 Å². The number of pyridine rings is 1. The molecule has 0 bridgehead atoms. The maximum atomic E-state index is 12.2. The van der Waals surface area contributed by atoms with E-state index in [4.69, 9.17) is 14.5 Å². The highest BCUT2D eigenvalue weighted by Crippen LogP contribution is 2.31. The van der Waals surface area contributed by atoms with Crippen LogP contribution in [0.5, 0.6) is 0 Å². The first-order valence-electron chi connectivity index (χ1n) is 10.8. The fraction of sp³-hybridized carbons (Fsp3) is 0.696. The maximum absolute atomic E-state index is 12.2. The molecule has 1 aromatic heterocycles. The molecule has 0 unspecified atom stereocenters. The van der Waals surface area contributed by atoms with Gasteiger partial charge < -0.3 is 14.4 Å². The Hall–Kier alpha value is -2.15. The van der Waals surface area contributed by atoms with E-state index in [1.165, 1.54) is 23.8 Å². The smallest absolute Gasteiger partial charge is 0.410 e. The molecular formula is C23H35N3O4. The predicted octanol–water partition coefficient (Wildman–Crippen LogP) is 3.42. The number of aromatic nitrogens is 1. The highest BCUT2D eigenvalue weighted by atomic mass is 16.6. The summed E-state index contributed by atoms with van der Waals surface area (Å²) in [6.45, 7) is 13.9. The Morgan fingerprint density at radius 2 is 1.77 bits per heavy atom. The van der Waals surface area contributed by atoms with Crippen LogP contribution in [0.15, 0.2) is 6.20 Å². The Labute approximate surface area is 179 Å². The van der Waals surface area contributed by atoms with Gasteiger partial charge in [-0.2, -0.15) is 0 Å². The molecule has 7 nitrogen and oxygen atoms in total. The first-order valence-corrected chi connectivity index (χ1v) is 10.8. The van der Waals surface area contributed by atoms with E-state index in [1.54, 1.807) is 4.90 Å². The van der Waals surface area contributed by atoms with Crippen LogP contribution in [-0.4, -0.2) is 65.7 Å². The average Bonchev–Trinajstić information content (AvgIpc) is 2.64. The lowest BCUT2D eigenvalue weighted by Crippen LogP contribution is -2.50. The van der Waals surface area contributed by atoms with Crippen molar-refractivity contribution in [2.75, 3.05) is 33.3 Å². The van der Waals surface area contributed by atoms with Crippen molar-refractivity contribution in [1.82, 2.24) is 14.8 Å². The molecule has 0 atom stereocenters. The van der Waals surface area contributed by atoms with Crippen LogP contribution in [0.25, 0.3) is 0 Å². The Morgan fingerprint density at radius 1 is 1.13 bits per heavy atom. The van der Waals surface area contributed by atoms with Crippen LogP contribution >= 0.6 is 0 Å². The summed E-state index contributed by atoms with van der Waals surface area (Å²) in [5.41, 5.74) is 4.33. The molecule has 0 aromatic carbocycles. The highest BCUT2D eigenvalue weighted by Gasteiger charge is 2.36. The molecule has 0 saturated carbocycles. The van der Waals surface area contributed by atoms with Gasteiger partial charge in [0.2, 0.25) is 0 Å². The van der Waals surface area contributed by atoms with Gasteiger partial charge >= 0.3 is 12.1 Å². The Kier molecular flexibility index (Phi) is 6.70. The first kappa shape index (κ1) is 22.5. The van der Waals surface area contributed by atoms with E-state index in [9.17, 15) is 9.59 Å². The third-order valence-electron chi connectivity index (χ3n) is 6.22. The zero-order chi connectivity index (χ0) is 22.1. The van der Waals surface area contributed by atoms with Gasteiger partial charge in [-0.3, -0.25) is 14.7 Å². The molecule has 7 heteroatoms. The molecule has 2 saturated heterocycles. The largest absolute Gasteiger partial charge is 0.469 e. The number of amides is 1. The minimum absolute atomic E-state index is 0.0288. The van der Waals surface area contributed by atoms with Gasteiger partial charge in [0, 0.05) is 31.7 Å². The van der Waals surface area contributed by atoms with Crippen molar-refractivity contribution in [3.05, 3.63) is 28.6 Å². The summed E-state index contributed by atoms with van der Waals surface area (Å²) in [5.74, 6) is 0.204. The fourth-order valence-corrected chi connectivity index (χ4v) is 4.21. The number of hydrogen-bond donors (Lipinski definition) is 0. The summed E-state index contributed by atoms with van der Waals surface area (Å²) >= 11 is 0. The fourth-order valence-electron chi connectivity index (χ4n) is 4.21. The standard InChI is InChI=1S/C23H35N3O4/c1-15-16(2)20(19-13-26(14-19)22(28)30-23(3,4)5)24-11-18(15)12-25-9-7-17(8-10-25)21(27)29-6/h11,17,19H,7-10,12-14H2,1-6H3. The summed E-state index contributed by atoms with van der Waals surface area (Å²) in [5, 5.41) is 0. The number of ether oxygens (including phenoxy) is 2. The van der Waals surface area contributed by atoms with E-state index < -0.39 is 5.60 Å². The zero-order valence-corrected chi connectivity index (χ0v) is 19.2. The minimum Gasteiger partial charge on any atom is -0.469 e. The number of piperidine rings is 1. The Balaban J connectivity index is 1.57. The quantitative estimate of drug-likeness (QED) is 0.699. The van der Waals surface area contributed by atoms with Gasteiger partial charge in [-0.1, -0.05) is 0 Å². The Morgan fingerprint density at radius 3 is 2.33 bits per heavy atom. The molecule has 1 amide bonds. The van der Waals surface area contributed by atoms with Gasteiger partial charge in [-0.15, -0.1) is 0 Å². The predicted molar refractivity (Wildman–Crippen MR) is 114 cm³/mol. The van der Waals surface area contributed by atoms with Crippen molar-refractivity contribution in [2.24, 2.45) is 5.92 Å². The molecule has 3 heterocycles. The van der Waals surface area contributed by atoms with Gasteiger partial charge in [0.1, 0.15) is 5.60 Å². The number of hydrogen-bond acceptors (Lipinski definition) is 6. The number of carbonyl (C=O) groups excluding carboxylic acids is 2. The number of rotatable bonds is 4. The van der Waals surface area contributed by atoms with Gasteiger partial charge in [0.25, 0.3) is 0 Å². The molecule has 2 fully saturated rings. The number of esters is 1. The van der Waals surface area contributed by atoms with E-state index in [0.29, 0.717) is 13.1 Å². The first-order chi connectivity index (χ1) is 14.1. The Bertz CT molecular complexity index is 788. The number of likely N-dealkylation sites (tertiary alicyclic amines) is 2. The molecule has 0 radical (unpaired) electrons. The summed E-state index contributed by atoms with van der Waals surface area (Å²) in [6, 6.07) is 0. The lowest BCUT2D eigenvalue weighted by molar-refractivity contribution is -0.147. The van der Waals surface area contributed by atoms with Crippen molar-refractivity contribution >= 4 is 12.1 Å². The molecule has 30 heavy (non-hydrogen) atoms. The topological polar surface area (TPSA) is 72.0 Å². The van der Waals surface area contributed by atoms with Crippen LogP contribution in [0.3, 0.4) is 0 Å². The van der Waals surface area contributed by atoms with E-state index in [0.717, 1.165) is 38.2 Å². The number of methoxy groups -OCH3 is 1. The second kappa shape index (κ2) is 8.92. The van der Waals surface area contributed by atoms with Gasteiger partial charge in [-0.05, 0) is 77.2 Å². The summed E-state index contributed by atoms with van der Waals surface area (Å²) in [4.78, 5) is 32.8. The van der Waals surface area contributed by atoms with Crippen LogP contribution in [-0.2, 0) is 20.8 Å². The monoisotopic (exact) mass is 417 g/mol. The molecule has 1 aromatic rings. The maximum Gasteiger partial charge on any atom is 0.410 e. The minimum atomic E-state index is -0.472. The normalized spacial score (nSPS) is 18.8. The molecule has 2 aliphatic rings. The molecule has 2 aliphatic heterocycles. The van der Waals surface area contributed by atoms with E-state index in [2.05, 4.69) is 18.7 Å². The van der Waals surface area contributed by atoms with Crippen molar-refractivity contribution in [3.63, 3.8) is 0 Å². The van der Waals surface area contributed by atoms with Crippen LogP contribution in [0.4, 0.5) is 4.79 Å². The zero-order valence-electron chi connectivity index (χ0n) is 19.2. The summed E-state index contributed by atoms with van der Waals surface area (Å²) in [6.07, 6.45) is 3.43. The third-order valence-corrected chi connectivity index (χ3v) is 6.22. The second-order valence-electron chi connectivity index (χ2n) is 9.57. The van der Waals surface area contributed by atoms with Crippen LogP contribution in [0.2, 0.25) is 0 Å². The summed E-state index contributed by atoms with van der Waals surface area (Å²) < 4.78 is 10.3. The molecule has 0 spiro atoms. The van der Waals surface area contributed by atoms with Crippen LogP contribution in [0.1, 0.15) is 61.9 Å². The van der Waals surface area contributed by atoms with Gasteiger partial charge in [-0.25, -0.2) is 4.79 Å². The highest BCUT2D eigenvalue weighted by molar-refractivity contribution is 5.72. The van der Waals surface area contributed by atoms with Crippen molar-refractivity contribution in [3.8, 4) is 0 Å². The van der Waals surface area contributed by atoms with Crippen molar-refractivity contribution in [1.29, 1.82) is 0 Å². The van der Waals surface area contributed by atoms with E-state index in [1.807, 2.05) is 27.0 Å². The lowest BCUT2D eigenvalue weighted by Gasteiger charge is -2.40. The molecule has 166 valence electrons. The molecule has 0 N–H and O–H groups in total.